The SMILES string of the molecule is C#Cc1cc(C(=O)Nc2ccc(CNCCN3CCN(C(=O)OC(C)(C)C)CC3)c(C(F)(F)F)c2)ccc1C.C#Cc1cc(C(=O)Nc2ccc(CNCCN3CCNCC3)c(C(F)(F)F)c2)ccc1C. The fourth-order valence-corrected chi connectivity index (χ4v) is 7.72. The zero-order valence-electron chi connectivity index (χ0n) is 40.7. The van der Waals surface area contributed by atoms with Crippen LogP contribution in [0.15, 0.2) is 72.8 Å². The van der Waals surface area contributed by atoms with Crippen LogP contribution in [-0.4, -0.2) is 117 Å². The van der Waals surface area contributed by atoms with Crippen LogP contribution in [0.2, 0.25) is 0 Å². The van der Waals surface area contributed by atoms with Crippen LogP contribution >= 0.6 is 0 Å². The molecule has 6 rings (SSSR count). The first-order valence-electron chi connectivity index (χ1n) is 23.3. The highest BCUT2D eigenvalue weighted by Crippen LogP contribution is 2.35. The molecule has 2 fully saturated rings. The van der Waals surface area contributed by atoms with Crippen LogP contribution in [0.3, 0.4) is 0 Å². The minimum absolute atomic E-state index is 0.0183. The van der Waals surface area contributed by atoms with E-state index in [9.17, 15) is 40.7 Å². The smallest absolute Gasteiger partial charge is 0.416 e. The maximum atomic E-state index is 13.8. The van der Waals surface area contributed by atoms with Gasteiger partial charge in [0.25, 0.3) is 11.8 Å². The molecule has 3 amide bonds. The van der Waals surface area contributed by atoms with Crippen LogP contribution in [0.25, 0.3) is 0 Å². The average molecular weight is 989 g/mol. The number of carbonyl (C=O) groups excluding carboxylic acids is 3. The molecule has 0 unspecified atom stereocenters. The predicted octanol–water partition coefficient (Wildman–Crippen LogP) is 8.13. The number of amides is 3. The van der Waals surface area contributed by atoms with Gasteiger partial charge in [-0.2, -0.15) is 26.3 Å². The number of halogens is 6. The van der Waals surface area contributed by atoms with Crippen molar-refractivity contribution in [2.24, 2.45) is 0 Å². The van der Waals surface area contributed by atoms with Gasteiger partial charge in [-0.05, 0) is 105 Å². The molecule has 4 aromatic rings. The van der Waals surface area contributed by atoms with E-state index in [-0.39, 0.29) is 52.8 Å². The summed E-state index contributed by atoms with van der Waals surface area (Å²) in [6, 6.07) is 17.3. The van der Waals surface area contributed by atoms with E-state index in [0.717, 1.165) is 56.0 Å². The minimum Gasteiger partial charge on any atom is -0.444 e. The fourth-order valence-electron chi connectivity index (χ4n) is 7.72. The number of carbonyl (C=O) groups is 3. The topological polar surface area (TPSA) is 130 Å². The van der Waals surface area contributed by atoms with Gasteiger partial charge in [0.1, 0.15) is 5.60 Å². The quantitative estimate of drug-likeness (QED) is 0.0484. The Morgan fingerprint density at radius 2 is 1.04 bits per heavy atom. The highest BCUT2D eigenvalue weighted by Gasteiger charge is 2.35. The van der Waals surface area contributed by atoms with E-state index in [0.29, 0.717) is 56.9 Å². The molecule has 380 valence electrons. The summed E-state index contributed by atoms with van der Waals surface area (Å²) < 4.78 is 87.8. The summed E-state index contributed by atoms with van der Waals surface area (Å²) in [6.45, 7) is 17.8. The van der Waals surface area contributed by atoms with Crippen molar-refractivity contribution in [1.82, 2.24) is 30.7 Å². The first-order valence-corrected chi connectivity index (χ1v) is 23.3. The normalized spacial score (nSPS) is 14.6. The second-order valence-electron chi connectivity index (χ2n) is 18.2. The number of rotatable bonds is 14. The number of ether oxygens (including phenoxy) is 1. The van der Waals surface area contributed by atoms with Gasteiger partial charge in [0.05, 0.1) is 11.1 Å². The molecular weight excluding hydrogens is 927 g/mol. The zero-order valence-corrected chi connectivity index (χ0v) is 40.7. The summed E-state index contributed by atoms with van der Waals surface area (Å²) in [7, 11) is 0. The van der Waals surface area contributed by atoms with E-state index in [4.69, 9.17) is 17.6 Å². The van der Waals surface area contributed by atoms with E-state index >= 15 is 0 Å². The van der Waals surface area contributed by atoms with Crippen molar-refractivity contribution in [2.45, 2.75) is 65.7 Å². The standard InChI is InChI=1S/C29H35F3N4O3.C24H27F3N4O/c1-6-21-17-22(8-7-20(21)2)26(37)34-24-10-9-23(25(18-24)29(30,31)32)19-33-11-12-35-13-15-36(16-14-35)27(38)39-28(3,4)5;1-3-18-14-19(5-4-17(18)2)23(32)30-21-7-6-20(22(15-21)24(25,26)27)16-29-10-13-31-11-8-28-9-12-31/h1,7-10,17-18,33H,11-16,19H2,2-5H3,(H,34,37);1,4-7,14-15,28-29H,8-13,16H2,2H3,(H,30,32). The molecule has 5 N–H and O–H groups in total. The van der Waals surface area contributed by atoms with Crippen molar-refractivity contribution in [3.8, 4) is 24.7 Å². The molecular formula is C53H62F6N8O4. The molecule has 0 saturated carbocycles. The molecule has 0 atom stereocenters. The number of hydrogen-bond acceptors (Lipinski definition) is 9. The Bertz CT molecular complexity index is 2570. The molecule has 18 heteroatoms. The van der Waals surface area contributed by atoms with Gasteiger partial charge in [-0.15, -0.1) is 12.8 Å². The van der Waals surface area contributed by atoms with E-state index in [2.05, 4.69) is 48.2 Å². The second-order valence-corrected chi connectivity index (χ2v) is 18.2. The third-order valence-corrected chi connectivity index (χ3v) is 11.7. The van der Waals surface area contributed by atoms with Gasteiger partial charge < -0.3 is 36.2 Å². The number of benzene rings is 4. The van der Waals surface area contributed by atoms with E-state index < -0.39 is 40.9 Å². The Morgan fingerprint density at radius 1 is 0.620 bits per heavy atom. The number of piperazine rings is 2. The summed E-state index contributed by atoms with van der Waals surface area (Å²) >= 11 is 0. The summed E-state index contributed by atoms with van der Waals surface area (Å²) in [5.74, 6) is 3.92. The third kappa shape index (κ3) is 17.2. The highest BCUT2D eigenvalue weighted by molar-refractivity contribution is 6.05. The molecule has 4 aromatic carbocycles. The first kappa shape index (κ1) is 55.5. The van der Waals surface area contributed by atoms with Crippen LogP contribution in [0.4, 0.5) is 42.5 Å². The van der Waals surface area contributed by atoms with Gasteiger partial charge in [-0.3, -0.25) is 19.4 Å². The van der Waals surface area contributed by atoms with Gasteiger partial charge in [0.2, 0.25) is 0 Å². The largest absolute Gasteiger partial charge is 0.444 e. The molecule has 0 aliphatic carbocycles. The minimum atomic E-state index is -4.59. The van der Waals surface area contributed by atoms with Crippen molar-refractivity contribution in [2.75, 3.05) is 89.2 Å². The van der Waals surface area contributed by atoms with E-state index in [1.165, 1.54) is 30.3 Å². The van der Waals surface area contributed by atoms with Crippen molar-refractivity contribution >= 4 is 29.3 Å². The van der Waals surface area contributed by atoms with Gasteiger partial charge in [-0.1, -0.05) is 36.1 Å². The Morgan fingerprint density at radius 3 is 1.44 bits per heavy atom. The number of terminal acetylenes is 2. The molecule has 71 heavy (non-hydrogen) atoms. The number of anilines is 2. The average Bonchev–Trinajstić information content (AvgIpc) is 3.32. The molecule has 0 spiro atoms. The van der Waals surface area contributed by atoms with E-state index in [1.54, 1.807) is 35.2 Å². The Kier molecular flexibility index (Phi) is 19.6. The fraction of sp³-hybridized carbons (Fsp3) is 0.415. The number of aryl methyl sites for hydroxylation is 2. The van der Waals surface area contributed by atoms with E-state index in [1.807, 2.05) is 34.6 Å². The lowest BCUT2D eigenvalue weighted by Crippen LogP contribution is -2.51. The molecule has 0 bridgehead atoms. The number of nitrogens with zero attached hydrogens (tertiary/aromatic N) is 3. The molecule has 2 saturated heterocycles. The zero-order chi connectivity index (χ0) is 51.9. The predicted molar refractivity (Wildman–Crippen MR) is 264 cm³/mol. The molecule has 2 aliphatic rings. The van der Waals surface area contributed by atoms with Gasteiger partial charge >= 0.3 is 18.4 Å². The van der Waals surface area contributed by atoms with Crippen LogP contribution in [0, 0.1) is 38.5 Å². The monoisotopic (exact) mass is 988 g/mol. The van der Waals surface area contributed by atoms with Gasteiger partial charge in [0.15, 0.2) is 0 Å². The number of hydrogen-bond donors (Lipinski definition) is 5. The molecule has 2 aliphatic heterocycles. The summed E-state index contributed by atoms with van der Waals surface area (Å²) in [5, 5.41) is 14.5. The Labute approximate surface area is 412 Å². The first-order chi connectivity index (χ1) is 33.5. The van der Waals surface area contributed by atoms with Crippen LogP contribution in [0.5, 0.6) is 0 Å². The van der Waals surface area contributed by atoms with Crippen LogP contribution < -0.4 is 26.6 Å². The molecule has 0 aromatic heterocycles. The second kappa shape index (κ2) is 25.1. The molecule has 12 nitrogen and oxygen atoms in total. The number of nitrogens with one attached hydrogen (secondary N) is 5. The number of alkyl halides is 6. The van der Waals surface area contributed by atoms with Crippen molar-refractivity contribution < 1.29 is 45.5 Å². The third-order valence-electron chi connectivity index (χ3n) is 11.7. The lowest BCUT2D eigenvalue weighted by molar-refractivity contribution is -0.139. The summed E-state index contributed by atoms with van der Waals surface area (Å²) in [6.07, 6.45) is 1.42. The lowest BCUT2D eigenvalue weighted by Gasteiger charge is -2.35. The van der Waals surface area contributed by atoms with Crippen LogP contribution in [-0.2, 0) is 30.2 Å². The maximum absolute atomic E-state index is 13.8. The molecule has 2 heterocycles. The van der Waals surface area contributed by atoms with Crippen molar-refractivity contribution in [1.29, 1.82) is 0 Å². The summed E-state index contributed by atoms with van der Waals surface area (Å²) in [4.78, 5) is 43.4. The van der Waals surface area contributed by atoms with Crippen molar-refractivity contribution in [3.63, 3.8) is 0 Å². The summed E-state index contributed by atoms with van der Waals surface area (Å²) in [5.41, 5.74) is 1.55. The Hall–Kier alpha value is -6.41. The van der Waals surface area contributed by atoms with Gasteiger partial charge in [-0.25, -0.2) is 4.79 Å². The Balaban J connectivity index is 0.000000269. The highest BCUT2D eigenvalue weighted by atomic mass is 19.4. The van der Waals surface area contributed by atoms with Gasteiger partial charge in [0, 0.05) is 125 Å². The van der Waals surface area contributed by atoms with Crippen molar-refractivity contribution in [3.05, 3.63) is 128 Å². The maximum Gasteiger partial charge on any atom is 0.416 e. The lowest BCUT2D eigenvalue weighted by atomic mass is 10.0. The molecule has 0 radical (unpaired) electrons. The van der Waals surface area contributed by atoms with Crippen LogP contribution in [0.1, 0.15) is 86.0 Å².